The SMILES string of the molecule is CC(C)CN(Cc1c(O)ccc2c1O/C(=C/c1ccc(Cl)cc1)C2=O)CC(C)C. The van der Waals surface area contributed by atoms with Crippen LogP contribution >= 0.6 is 11.6 Å². The number of carbonyl (C=O) groups excluding carboxylic acids is 1. The van der Waals surface area contributed by atoms with Crippen molar-refractivity contribution in [2.24, 2.45) is 11.8 Å². The maximum Gasteiger partial charge on any atom is 0.231 e. The van der Waals surface area contributed by atoms with Crippen LogP contribution in [0.25, 0.3) is 6.08 Å². The molecule has 0 fully saturated rings. The van der Waals surface area contributed by atoms with E-state index in [9.17, 15) is 9.90 Å². The Kier molecular flexibility index (Phi) is 6.66. The van der Waals surface area contributed by atoms with E-state index in [2.05, 4.69) is 32.6 Å². The molecule has 0 aliphatic carbocycles. The second kappa shape index (κ2) is 9.02. The standard InChI is InChI=1S/C24H28ClNO3/c1-15(2)12-26(13-16(3)4)14-20-21(27)10-9-19-23(28)22(29-24(19)20)11-17-5-7-18(25)8-6-17/h5-11,15-16,27H,12-14H2,1-4H3/b22-11+. The third-order valence-electron chi connectivity index (χ3n) is 4.71. The average Bonchev–Trinajstić information content (AvgIpc) is 2.94. The van der Waals surface area contributed by atoms with E-state index in [1.165, 1.54) is 0 Å². The number of halogens is 1. The van der Waals surface area contributed by atoms with Gasteiger partial charge in [0.25, 0.3) is 0 Å². The Morgan fingerprint density at radius 2 is 1.66 bits per heavy atom. The van der Waals surface area contributed by atoms with Gasteiger partial charge in [-0.15, -0.1) is 0 Å². The van der Waals surface area contributed by atoms with E-state index < -0.39 is 0 Å². The molecule has 0 unspecified atom stereocenters. The van der Waals surface area contributed by atoms with Crippen molar-refractivity contribution < 1.29 is 14.6 Å². The number of allylic oxidation sites excluding steroid dienone is 1. The second-order valence-corrected chi connectivity index (χ2v) is 8.85. The highest BCUT2D eigenvalue weighted by Crippen LogP contribution is 2.40. The molecule has 2 aromatic carbocycles. The van der Waals surface area contributed by atoms with Gasteiger partial charge in [0.05, 0.1) is 11.1 Å². The normalized spacial score (nSPS) is 14.9. The van der Waals surface area contributed by atoms with E-state index in [4.69, 9.17) is 16.3 Å². The minimum atomic E-state index is -0.171. The monoisotopic (exact) mass is 413 g/mol. The van der Waals surface area contributed by atoms with E-state index in [0.29, 0.717) is 40.3 Å². The van der Waals surface area contributed by atoms with Gasteiger partial charge in [-0.1, -0.05) is 51.4 Å². The molecule has 0 saturated carbocycles. The number of nitrogens with zero attached hydrogens (tertiary/aromatic N) is 1. The first-order chi connectivity index (χ1) is 13.7. The van der Waals surface area contributed by atoms with E-state index in [1.54, 1.807) is 30.3 Å². The number of phenols is 1. The van der Waals surface area contributed by atoms with Crippen molar-refractivity contribution in [3.8, 4) is 11.5 Å². The van der Waals surface area contributed by atoms with Crippen molar-refractivity contribution >= 4 is 23.5 Å². The lowest BCUT2D eigenvalue weighted by molar-refractivity contribution is 0.101. The number of Topliss-reactive ketones (excluding diaryl/α,β-unsaturated/α-hetero) is 1. The van der Waals surface area contributed by atoms with E-state index in [1.807, 2.05) is 12.1 Å². The van der Waals surface area contributed by atoms with E-state index in [0.717, 1.165) is 18.7 Å². The van der Waals surface area contributed by atoms with Gasteiger partial charge in [-0.2, -0.15) is 0 Å². The molecule has 1 aliphatic rings. The summed E-state index contributed by atoms with van der Waals surface area (Å²) in [6.07, 6.45) is 1.71. The predicted octanol–water partition coefficient (Wildman–Crippen LogP) is 5.78. The molecule has 3 rings (SSSR count). The number of aromatic hydroxyl groups is 1. The number of ketones is 1. The fourth-order valence-corrected chi connectivity index (χ4v) is 3.75. The highest BCUT2D eigenvalue weighted by Gasteiger charge is 2.31. The Morgan fingerprint density at radius 3 is 2.24 bits per heavy atom. The van der Waals surface area contributed by atoms with Crippen molar-refractivity contribution in [1.82, 2.24) is 4.90 Å². The quantitative estimate of drug-likeness (QED) is 0.585. The van der Waals surface area contributed by atoms with Crippen LogP contribution < -0.4 is 4.74 Å². The zero-order valence-electron chi connectivity index (χ0n) is 17.4. The number of phenolic OH excluding ortho intramolecular Hbond substituents is 1. The van der Waals surface area contributed by atoms with E-state index in [-0.39, 0.29) is 17.3 Å². The molecule has 29 heavy (non-hydrogen) atoms. The molecule has 5 heteroatoms. The molecule has 0 saturated heterocycles. The first-order valence-corrected chi connectivity index (χ1v) is 10.4. The molecular weight excluding hydrogens is 386 g/mol. The highest BCUT2D eigenvalue weighted by atomic mass is 35.5. The van der Waals surface area contributed by atoms with Crippen molar-refractivity contribution in [2.45, 2.75) is 34.2 Å². The Balaban J connectivity index is 1.92. The minimum absolute atomic E-state index is 0.154. The molecule has 0 spiro atoms. The summed E-state index contributed by atoms with van der Waals surface area (Å²) in [6, 6.07) is 10.4. The molecule has 1 heterocycles. The average molecular weight is 414 g/mol. The van der Waals surface area contributed by atoms with Crippen molar-refractivity contribution in [2.75, 3.05) is 13.1 Å². The summed E-state index contributed by atoms with van der Waals surface area (Å²) in [4.78, 5) is 15.2. The topological polar surface area (TPSA) is 49.8 Å². The number of carbonyl (C=O) groups is 1. The van der Waals surface area contributed by atoms with Crippen LogP contribution in [-0.2, 0) is 6.54 Å². The number of benzene rings is 2. The van der Waals surface area contributed by atoms with Crippen LogP contribution in [0.5, 0.6) is 11.5 Å². The fourth-order valence-electron chi connectivity index (χ4n) is 3.62. The number of rotatable bonds is 7. The molecule has 1 N–H and O–H groups in total. The highest BCUT2D eigenvalue weighted by molar-refractivity contribution is 6.30. The summed E-state index contributed by atoms with van der Waals surface area (Å²) >= 11 is 5.94. The lowest BCUT2D eigenvalue weighted by Gasteiger charge is -2.27. The first-order valence-electron chi connectivity index (χ1n) is 10.0. The maximum atomic E-state index is 12.9. The summed E-state index contributed by atoms with van der Waals surface area (Å²) in [5.74, 6) is 1.70. The molecule has 0 aromatic heterocycles. The van der Waals surface area contributed by atoms with Gasteiger partial charge < -0.3 is 9.84 Å². The molecule has 0 atom stereocenters. The van der Waals surface area contributed by atoms with Gasteiger partial charge in [0.2, 0.25) is 5.78 Å². The third kappa shape index (κ3) is 5.20. The van der Waals surface area contributed by atoms with E-state index >= 15 is 0 Å². The first kappa shape index (κ1) is 21.4. The summed E-state index contributed by atoms with van der Waals surface area (Å²) in [5.41, 5.74) is 1.99. The maximum absolute atomic E-state index is 12.9. The summed E-state index contributed by atoms with van der Waals surface area (Å²) in [5, 5.41) is 11.2. The van der Waals surface area contributed by atoms with Crippen LogP contribution in [0.2, 0.25) is 5.02 Å². The molecule has 2 aromatic rings. The van der Waals surface area contributed by atoms with Crippen molar-refractivity contribution in [3.63, 3.8) is 0 Å². The zero-order valence-corrected chi connectivity index (χ0v) is 18.2. The number of ether oxygens (including phenoxy) is 1. The molecule has 4 nitrogen and oxygen atoms in total. The van der Waals surface area contributed by atoms with Gasteiger partial charge in [-0.3, -0.25) is 9.69 Å². The fraction of sp³-hybridized carbons (Fsp3) is 0.375. The van der Waals surface area contributed by atoms with Crippen LogP contribution in [0.1, 0.15) is 49.2 Å². The Bertz CT molecular complexity index is 906. The molecule has 0 radical (unpaired) electrons. The van der Waals surface area contributed by atoms with Gasteiger partial charge in [0, 0.05) is 24.7 Å². The van der Waals surface area contributed by atoms with Crippen LogP contribution in [0.15, 0.2) is 42.2 Å². The van der Waals surface area contributed by atoms with Crippen LogP contribution in [0, 0.1) is 11.8 Å². The summed E-state index contributed by atoms with van der Waals surface area (Å²) < 4.78 is 5.97. The molecule has 0 bridgehead atoms. The molecular formula is C24H28ClNO3. The van der Waals surface area contributed by atoms with Gasteiger partial charge in [-0.25, -0.2) is 0 Å². The van der Waals surface area contributed by atoms with Crippen LogP contribution in [0.4, 0.5) is 0 Å². The number of fused-ring (bicyclic) bond motifs is 1. The molecule has 154 valence electrons. The Hall–Kier alpha value is -2.30. The van der Waals surface area contributed by atoms with Crippen molar-refractivity contribution in [1.29, 1.82) is 0 Å². The predicted molar refractivity (Wildman–Crippen MR) is 117 cm³/mol. The lowest BCUT2D eigenvalue weighted by atomic mass is 10.0. The van der Waals surface area contributed by atoms with Crippen LogP contribution in [-0.4, -0.2) is 28.9 Å². The van der Waals surface area contributed by atoms with Crippen LogP contribution in [0.3, 0.4) is 0 Å². The van der Waals surface area contributed by atoms with Gasteiger partial charge in [0.15, 0.2) is 5.76 Å². The second-order valence-electron chi connectivity index (χ2n) is 8.41. The van der Waals surface area contributed by atoms with Gasteiger partial charge in [-0.05, 0) is 47.7 Å². The zero-order chi connectivity index (χ0) is 21.1. The molecule has 0 amide bonds. The number of hydrogen-bond donors (Lipinski definition) is 1. The largest absolute Gasteiger partial charge is 0.507 e. The van der Waals surface area contributed by atoms with Crippen molar-refractivity contribution in [3.05, 3.63) is 63.9 Å². The smallest absolute Gasteiger partial charge is 0.231 e. The lowest BCUT2D eigenvalue weighted by Crippen LogP contribution is -2.31. The van der Waals surface area contributed by atoms with Gasteiger partial charge >= 0.3 is 0 Å². The number of hydrogen-bond acceptors (Lipinski definition) is 4. The summed E-state index contributed by atoms with van der Waals surface area (Å²) in [6.45, 7) is 11.1. The Labute approximate surface area is 177 Å². The third-order valence-corrected chi connectivity index (χ3v) is 4.96. The van der Waals surface area contributed by atoms with Gasteiger partial charge in [0.1, 0.15) is 11.5 Å². The summed E-state index contributed by atoms with van der Waals surface area (Å²) in [7, 11) is 0. The minimum Gasteiger partial charge on any atom is -0.507 e. The molecule has 1 aliphatic heterocycles. The Morgan fingerprint density at radius 1 is 1.03 bits per heavy atom.